The number of hydrogen-bond acceptors (Lipinski definition) is 4. The molecule has 2 aromatic carbocycles. The lowest BCUT2D eigenvalue weighted by Crippen LogP contribution is -2.10. The predicted molar refractivity (Wildman–Crippen MR) is 96.0 cm³/mol. The Labute approximate surface area is 154 Å². The summed E-state index contributed by atoms with van der Waals surface area (Å²) >= 11 is 11.7. The number of aliphatic carboxylic acids is 1. The van der Waals surface area contributed by atoms with E-state index in [1.165, 1.54) is 19.3 Å². The van der Waals surface area contributed by atoms with Crippen molar-refractivity contribution >= 4 is 41.0 Å². The highest BCUT2D eigenvalue weighted by molar-refractivity contribution is 6.42. The van der Waals surface area contributed by atoms with Crippen LogP contribution in [0.25, 0.3) is 6.08 Å². The Morgan fingerprint density at radius 3 is 2.48 bits per heavy atom. The largest absolute Gasteiger partial charge is 0.493 e. The second-order valence-corrected chi connectivity index (χ2v) is 5.73. The summed E-state index contributed by atoms with van der Waals surface area (Å²) in [4.78, 5) is 22.7. The van der Waals surface area contributed by atoms with Crippen LogP contribution in [-0.2, 0) is 4.79 Å². The molecule has 2 aromatic rings. The molecule has 5 nitrogen and oxygen atoms in total. The zero-order chi connectivity index (χ0) is 18.4. The lowest BCUT2D eigenvalue weighted by atomic mass is 10.1. The van der Waals surface area contributed by atoms with Gasteiger partial charge in [0.1, 0.15) is 0 Å². The van der Waals surface area contributed by atoms with E-state index in [0.29, 0.717) is 32.7 Å². The van der Waals surface area contributed by atoms with Crippen molar-refractivity contribution < 1.29 is 24.2 Å². The molecule has 0 saturated heterocycles. The maximum absolute atomic E-state index is 12.2. The third-order valence-electron chi connectivity index (χ3n) is 3.17. The molecule has 0 radical (unpaired) electrons. The second kappa shape index (κ2) is 8.55. The fourth-order valence-corrected chi connectivity index (χ4v) is 2.26. The van der Waals surface area contributed by atoms with Crippen LogP contribution in [0.3, 0.4) is 0 Å². The smallest absolute Gasteiger partial charge is 0.341 e. The van der Waals surface area contributed by atoms with Gasteiger partial charge in [0.05, 0.1) is 17.2 Å². The molecule has 25 heavy (non-hydrogen) atoms. The zero-order valence-corrected chi connectivity index (χ0v) is 14.7. The van der Waals surface area contributed by atoms with E-state index in [-0.39, 0.29) is 5.78 Å². The number of carbonyl (C=O) groups is 2. The van der Waals surface area contributed by atoms with Gasteiger partial charge in [-0.15, -0.1) is 0 Å². The summed E-state index contributed by atoms with van der Waals surface area (Å²) in [7, 11) is 1.44. The number of methoxy groups -OCH3 is 1. The molecule has 1 N–H and O–H groups in total. The molecule has 130 valence electrons. The number of rotatable bonds is 7. The van der Waals surface area contributed by atoms with Crippen molar-refractivity contribution in [2.45, 2.75) is 0 Å². The van der Waals surface area contributed by atoms with Crippen molar-refractivity contribution in [3.63, 3.8) is 0 Å². The molecule has 0 heterocycles. The topological polar surface area (TPSA) is 72.8 Å². The summed E-state index contributed by atoms with van der Waals surface area (Å²) < 4.78 is 10.3. The van der Waals surface area contributed by atoms with Gasteiger partial charge in [0, 0.05) is 5.56 Å². The van der Waals surface area contributed by atoms with Crippen LogP contribution in [0, 0.1) is 0 Å². The van der Waals surface area contributed by atoms with E-state index in [4.69, 9.17) is 37.8 Å². The minimum atomic E-state index is -1.08. The van der Waals surface area contributed by atoms with Crippen molar-refractivity contribution in [1.82, 2.24) is 0 Å². The summed E-state index contributed by atoms with van der Waals surface area (Å²) in [6.07, 6.45) is 3.00. The van der Waals surface area contributed by atoms with E-state index in [9.17, 15) is 9.59 Å². The number of allylic oxidation sites excluding steroid dienone is 1. The van der Waals surface area contributed by atoms with Gasteiger partial charge in [-0.25, -0.2) is 4.79 Å². The second-order valence-electron chi connectivity index (χ2n) is 4.92. The van der Waals surface area contributed by atoms with Crippen LogP contribution in [0.5, 0.6) is 11.5 Å². The molecule has 0 fully saturated rings. The van der Waals surface area contributed by atoms with Crippen LogP contribution in [0.2, 0.25) is 10.0 Å². The number of hydrogen-bond donors (Lipinski definition) is 1. The normalized spacial score (nSPS) is 10.7. The number of carbonyl (C=O) groups excluding carboxylic acids is 1. The maximum atomic E-state index is 12.2. The number of ketones is 1. The molecular formula is C18H14Cl2O5. The number of carboxylic acids is 1. The van der Waals surface area contributed by atoms with Crippen molar-refractivity contribution in [3.05, 3.63) is 63.6 Å². The summed E-state index contributed by atoms with van der Waals surface area (Å²) in [6, 6.07) is 9.53. The number of carboxylic acid groups (broad SMARTS) is 1. The van der Waals surface area contributed by atoms with Gasteiger partial charge in [-0.3, -0.25) is 4.79 Å². The third-order valence-corrected chi connectivity index (χ3v) is 3.91. The Morgan fingerprint density at radius 2 is 1.84 bits per heavy atom. The molecule has 0 spiro atoms. The lowest BCUT2D eigenvalue weighted by Gasteiger charge is -2.09. The standard InChI is InChI=1S/C18H14Cl2O5/c1-24-17-8-11(3-7-16(17)25-10-18(22)23)2-6-15(21)12-4-5-13(19)14(20)9-12/h2-9H,10H2,1H3,(H,22,23)/b6-2+. The van der Waals surface area contributed by atoms with Gasteiger partial charge in [0.15, 0.2) is 23.9 Å². The lowest BCUT2D eigenvalue weighted by molar-refractivity contribution is -0.139. The Balaban J connectivity index is 2.15. The van der Waals surface area contributed by atoms with E-state index in [2.05, 4.69) is 0 Å². The Kier molecular flexibility index (Phi) is 6.44. The van der Waals surface area contributed by atoms with E-state index >= 15 is 0 Å². The van der Waals surface area contributed by atoms with Crippen molar-refractivity contribution in [2.24, 2.45) is 0 Å². The molecule has 0 aliphatic heterocycles. The molecule has 0 aliphatic carbocycles. The zero-order valence-electron chi connectivity index (χ0n) is 13.2. The van der Waals surface area contributed by atoms with E-state index in [1.54, 1.807) is 36.4 Å². The van der Waals surface area contributed by atoms with Crippen molar-refractivity contribution in [3.8, 4) is 11.5 Å². The molecule has 2 rings (SSSR count). The minimum Gasteiger partial charge on any atom is -0.493 e. The average Bonchev–Trinajstić information content (AvgIpc) is 2.60. The first-order valence-electron chi connectivity index (χ1n) is 7.11. The maximum Gasteiger partial charge on any atom is 0.341 e. The van der Waals surface area contributed by atoms with Gasteiger partial charge in [0.2, 0.25) is 0 Å². The Morgan fingerprint density at radius 1 is 1.08 bits per heavy atom. The molecule has 0 bridgehead atoms. The van der Waals surface area contributed by atoms with E-state index < -0.39 is 12.6 Å². The Bertz CT molecular complexity index is 830. The summed E-state index contributed by atoms with van der Waals surface area (Å²) in [6.45, 7) is -0.471. The van der Waals surface area contributed by atoms with Gasteiger partial charge in [-0.05, 0) is 42.0 Å². The average molecular weight is 381 g/mol. The number of benzene rings is 2. The monoisotopic (exact) mass is 380 g/mol. The van der Waals surface area contributed by atoms with Crippen molar-refractivity contribution in [2.75, 3.05) is 13.7 Å². The summed E-state index contributed by atoms with van der Waals surface area (Å²) in [5.41, 5.74) is 1.10. The molecule has 0 amide bonds. The van der Waals surface area contributed by atoms with Crippen LogP contribution in [-0.4, -0.2) is 30.6 Å². The first kappa shape index (κ1) is 18.8. The Hall–Kier alpha value is -2.50. The van der Waals surface area contributed by atoms with Crippen molar-refractivity contribution in [1.29, 1.82) is 0 Å². The van der Waals surface area contributed by atoms with Gasteiger partial charge in [-0.2, -0.15) is 0 Å². The highest BCUT2D eigenvalue weighted by atomic mass is 35.5. The molecule has 0 atom stereocenters. The SMILES string of the molecule is COc1cc(/C=C/C(=O)c2ccc(Cl)c(Cl)c2)ccc1OCC(=O)O. The fourth-order valence-electron chi connectivity index (χ4n) is 1.96. The summed E-state index contributed by atoms with van der Waals surface area (Å²) in [5, 5.41) is 9.34. The predicted octanol–water partition coefficient (Wildman–Crippen LogP) is 4.36. The highest BCUT2D eigenvalue weighted by Crippen LogP contribution is 2.29. The van der Waals surface area contributed by atoms with E-state index in [0.717, 1.165) is 0 Å². The minimum absolute atomic E-state index is 0.233. The number of ether oxygens (including phenoxy) is 2. The molecule has 0 unspecified atom stereocenters. The van der Waals surface area contributed by atoms with Crippen LogP contribution < -0.4 is 9.47 Å². The van der Waals surface area contributed by atoms with Gasteiger partial charge >= 0.3 is 5.97 Å². The number of halogens is 2. The third kappa shape index (κ3) is 5.24. The first-order chi connectivity index (χ1) is 11.9. The first-order valence-corrected chi connectivity index (χ1v) is 7.86. The quantitative estimate of drug-likeness (QED) is 0.570. The van der Waals surface area contributed by atoms with Gasteiger partial charge in [0.25, 0.3) is 0 Å². The fraction of sp³-hybridized carbons (Fsp3) is 0.111. The van der Waals surface area contributed by atoms with Crippen LogP contribution in [0.1, 0.15) is 15.9 Å². The molecule has 0 saturated carbocycles. The molecule has 0 aromatic heterocycles. The molecule has 7 heteroatoms. The molecular weight excluding hydrogens is 367 g/mol. The van der Waals surface area contributed by atoms with Gasteiger partial charge < -0.3 is 14.6 Å². The molecule has 0 aliphatic rings. The highest BCUT2D eigenvalue weighted by Gasteiger charge is 2.08. The summed E-state index contributed by atoms with van der Waals surface area (Å²) in [5.74, 6) is -0.648. The van der Waals surface area contributed by atoms with Crippen LogP contribution in [0.4, 0.5) is 0 Å². The van der Waals surface area contributed by atoms with Gasteiger partial charge in [-0.1, -0.05) is 35.3 Å². The van der Waals surface area contributed by atoms with Crippen LogP contribution >= 0.6 is 23.2 Å². The van der Waals surface area contributed by atoms with Crippen LogP contribution in [0.15, 0.2) is 42.5 Å². The van der Waals surface area contributed by atoms with E-state index in [1.807, 2.05) is 0 Å².